The molecule has 12 heteroatoms. The van der Waals surface area contributed by atoms with Gasteiger partial charge in [0.05, 0.1) is 11.8 Å². The Bertz CT molecular complexity index is 1880. The molecule has 3 aromatic carbocycles. The van der Waals surface area contributed by atoms with Gasteiger partial charge in [-0.2, -0.15) is 0 Å². The number of amides is 6. The van der Waals surface area contributed by atoms with E-state index < -0.39 is 23.8 Å². The number of hydrogen-bond acceptors (Lipinski definition) is 6. The van der Waals surface area contributed by atoms with Gasteiger partial charge in [-0.3, -0.25) is 28.8 Å². The van der Waals surface area contributed by atoms with Gasteiger partial charge in [-0.15, -0.1) is 0 Å². The van der Waals surface area contributed by atoms with Crippen molar-refractivity contribution in [1.29, 1.82) is 0 Å². The number of benzene rings is 3. The van der Waals surface area contributed by atoms with Gasteiger partial charge in [-0.05, 0) is 61.1 Å². The number of hydrogen-bond donors (Lipinski definition) is 5. The highest BCUT2D eigenvalue weighted by Crippen LogP contribution is 2.42. The van der Waals surface area contributed by atoms with Crippen molar-refractivity contribution < 1.29 is 28.8 Å². The fraction of sp³-hybridized carbons (Fsp3) is 0.520. The van der Waals surface area contributed by atoms with Crippen LogP contribution in [-0.4, -0.2) is 84.6 Å². The van der Waals surface area contributed by atoms with Crippen LogP contribution in [-0.2, 0) is 19.2 Å². The molecule has 6 rings (SSSR count). The number of unbranched alkanes of at least 4 members (excludes halogenated alkanes) is 8. The molecule has 2 saturated carbocycles. The molecule has 1 heterocycles. The van der Waals surface area contributed by atoms with E-state index in [2.05, 4.69) is 64.7 Å². The minimum absolute atomic E-state index is 0.0236. The molecule has 0 radical (unpaired) electrons. The van der Waals surface area contributed by atoms with Gasteiger partial charge in [0.15, 0.2) is 0 Å². The molecule has 7 atom stereocenters. The standard InChI is InChI=1S/C50H66N6O6/c1-3-5-7-9-10-18-28-51-49(61)44(53-45(57)23-17-8-6-4-2)31-52-46(58)36-24-26-37(27-25-36)50(62)56-32-40(47(59)54-42-29-38(42)34-19-13-11-14-20-34)41(33-56)48(60)55-43-30-39(43)35-21-15-12-16-22-35/h11-16,19-22,24-27,38-44H,3-10,17-18,23,28-33H2,1-2H3,(H,51,61)(H,52,58)(H,53,57)(H,54,59)(H,55,60)/t38-,39-,40-,41-,42+,43+,44+/m1/s1. The number of rotatable bonds is 24. The third kappa shape index (κ3) is 13.2. The minimum atomic E-state index is -0.933. The zero-order chi connectivity index (χ0) is 43.8. The van der Waals surface area contributed by atoms with Gasteiger partial charge < -0.3 is 31.5 Å². The van der Waals surface area contributed by atoms with Crippen LogP contribution in [0.1, 0.15) is 141 Å². The van der Waals surface area contributed by atoms with Gasteiger partial charge in [-0.25, -0.2) is 0 Å². The second-order valence-corrected chi connectivity index (χ2v) is 17.4. The van der Waals surface area contributed by atoms with Gasteiger partial charge in [0.25, 0.3) is 11.8 Å². The van der Waals surface area contributed by atoms with Crippen LogP contribution in [0.5, 0.6) is 0 Å². The third-order valence-corrected chi connectivity index (χ3v) is 12.6. The van der Waals surface area contributed by atoms with Gasteiger partial charge >= 0.3 is 0 Å². The van der Waals surface area contributed by atoms with Crippen LogP contribution in [0.15, 0.2) is 84.9 Å². The van der Waals surface area contributed by atoms with E-state index in [1.54, 1.807) is 29.2 Å². The number of nitrogens with one attached hydrogen (secondary N) is 5. The number of likely N-dealkylation sites (tertiary alicyclic amines) is 1. The molecule has 3 aromatic rings. The zero-order valence-corrected chi connectivity index (χ0v) is 36.5. The van der Waals surface area contributed by atoms with E-state index in [0.717, 1.165) is 68.9 Å². The summed E-state index contributed by atoms with van der Waals surface area (Å²) in [6, 6.07) is 25.3. The van der Waals surface area contributed by atoms with Crippen molar-refractivity contribution >= 4 is 35.4 Å². The van der Waals surface area contributed by atoms with E-state index in [-0.39, 0.29) is 78.7 Å². The average Bonchev–Trinajstić information content (AvgIpc) is 4.20. The first-order valence-electron chi connectivity index (χ1n) is 23.1. The molecular formula is C50H66N6O6. The highest BCUT2D eigenvalue weighted by molar-refractivity contribution is 5.99. The van der Waals surface area contributed by atoms with E-state index in [4.69, 9.17) is 0 Å². The van der Waals surface area contributed by atoms with Gasteiger partial charge in [0.1, 0.15) is 6.04 Å². The summed E-state index contributed by atoms with van der Waals surface area (Å²) in [6.45, 7) is 4.86. The molecule has 3 fully saturated rings. The smallest absolute Gasteiger partial charge is 0.253 e. The maximum Gasteiger partial charge on any atom is 0.253 e. The Morgan fingerprint density at radius 1 is 0.597 bits per heavy atom. The monoisotopic (exact) mass is 847 g/mol. The molecule has 0 spiro atoms. The van der Waals surface area contributed by atoms with Crippen LogP contribution in [0.25, 0.3) is 0 Å². The largest absolute Gasteiger partial charge is 0.354 e. The lowest BCUT2D eigenvalue weighted by Gasteiger charge is -2.19. The first-order valence-corrected chi connectivity index (χ1v) is 23.1. The summed E-state index contributed by atoms with van der Waals surface area (Å²) in [5, 5.41) is 14.9. The molecule has 3 aliphatic rings. The van der Waals surface area contributed by atoms with Gasteiger partial charge in [0, 0.05) is 67.6 Å². The van der Waals surface area contributed by atoms with Gasteiger partial charge in [0.2, 0.25) is 23.6 Å². The lowest BCUT2D eigenvalue weighted by atomic mass is 9.94. The molecule has 62 heavy (non-hydrogen) atoms. The summed E-state index contributed by atoms with van der Waals surface area (Å²) in [7, 11) is 0. The molecule has 12 nitrogen and oxygen atoms in total. The Morgan fingerprint density at radius 3 is 1.65 bits per heavy atom. The Kier molecular flexibility index (Phi) is 17.1. The predicted molar refractivity (Wildman–Crippen MR) is 240 cm³/mol. The second-order valence-electron chi connectivity index (χ2n) is 17.4. The quantitative estimate of drug-likeness (QED) is 0.0657. The second kappa shape index (κ2) is 23.1. The van der Waals surface area contributed by atoms with Crippen molar-refractivity contribution in [3.8, 4) is 0 Å². The number of carbonyl (C=O) groups is 6. The maximum atomic E-state index is 14.0. The van der Waals surface area contributed by atoms with Gasteiger partial charge in [-0.1, -0.05) is 126 Å². The highest BCUT2D eigenvalue weighted by Gasteiger charge is 2.49. The Labute approximate surface area is 367 Å². The van der Waals surface area contributed by atoms with Crippen molar-refractivity contribution in [3.63, 3.8) is 0 Å². The normalized spacial score (nSPS) is 21.6. The highest BCUT2D eigenvalue weighted by atomic mass is 16.2. The fourth-order valence-electron chi connectivity index (χ4n) is 8.60. The SMILES string of the molecule is CCCCCCCCNC(=O)[C@H](CNC(=O)c1ccc(C(=O)N2C[C@@H](C(=O)N[C@H]3C[C@@H]3c3ccccc3)[C@H](C(=O)N[C@H]3C[C@@H]3c3ccccc3)C2)cc1)NC(=O)CCCCCC. The molecule has 0 unspecified atom stereocenters. The molecular weight excluding hydrogens is 781 g/mol. The Hall–Kier alpha value is -5.52. The van der Waals surface area contributed by atoms with Crippen LogP contribution in [0.4, 0.5) is 0 Å². The van der Waals surface area contributed by atoms with Crippen molar-refractivity contribution in [3.05, 3.63) is 107 Å². The molecule has 1 saturated heterocycles. The Balaban J connectivity index is 1.05. The topological polar surface area (TPSA) is 166 Å². The summed E-state index contributed by atoms with van der Waals surface area (Å²) >= 11 is 0. The third-order valence-electron chi connectivity index (χ3n) is 12.6. The van der Waals surface area contributed by atoms with Crippen LogP contribution in [0, 0.1) is 11.8 Å². The van der Waals surface area contributed by atoms with Crippen LogP contribution >= 0.6 is 0 Å². The van der Waals surface area contributed by atoms with E-state index in [1.807, 2.05) is 36.4 Å². The predicted octanol–water partition coefficient (Wildman–Crippen LogP) is 6.38. The van der Waals surface area contributed by atoms with Crippen LogP contribution in [0.2, 0.25) is 0 Å². The Morgan fingerprint density at radius 2 is 1.10 bits per heavy atom. The van der Waals surface area contributed by atoms with E-state index >= 15 is 0 Å². The summed E-state index contributed by atoms with van der Waals surface area (Å²) < 4.78 is 0. The summed E-state index contributed by atoms with van der Waals surface area (Å²) in [4.78, 5) is 82.6. The molecule has 2 aliphatic carbocycles. The summed E-state index contributed by atoms with van der Waals surface area (Å²) in [5.41, 5.74) is 2.93. The zero-order valence-electron chi connectivity index (χ0n) is 36.5. The lowest BCUT2D eigenvalue weighted by Crippen LogP contribution is -2.52. The van der Waals surface area contributed by atoms with E-state index in [0.29, 0.717) is 18.5 Å². The first kappa shape index (κ1) is 46.0. The van der Waals surface area contributed by atoms with Crippen molar-refractivity contribution in [2.24, 2.45) is 11.8 Å². The average molecular weight is 847 g/mol. The van der Waals surface area contributed by atoms with E-state index in [1.165, 1.54) is 19.3 Å². The van der Waals surface area contributed by atoms with Crippen molar-refractivity contribution in [1.82, 2.24) is 31.5 Å². The van der Waals surface area contributed by atoms with Crippen LogP contribution in [0.3, 0.4) is 0 Å². The molecule has 6 amide bonds. The molecule has 0 aromatic heterocycles. The van der Waals surface area contributed by atoms with Crippen molar-refractivity contribution in [2.45, 2.75) is 127 Å². The lowest BCUT2D eigenvalue weighted by molar-refractivity contribution is -0.133. The molecule has 1 aliphatic heterocycles. The number of nitrogens with zero attached hydrogens (tertiary/aromatic N) is 1. The summed E-state index contributed by atoms with van der Waals surface area (Å²) in [5.74, 6) is -2.81. The molecule has 5 N–H and O–H groups in total. The van der Waals surface area contributed by atoms with E-state index in [9.17, 15) is 28.8 Å². The minimum Gasteiger partial charge on any atom is -0.354 e. The first-order chi connectivity index (χ1) is 30.2. The summed E-state index contributed by atoms with van der Waals surface area (Å²) in [6.07, 6.45) is 12.2. The van der Waals surface area contributed by atoms with Crippen LogP contribution < -0.4 is 26.6 Å². The fourth-order valence-corrected chi connectivity index (χ4v) is 8.60. The maximum absolute atomic E-state index is 14.0. The van der Waals surface area contributed by atoms with Crippen molar-refractivity contribution in [2.75, 3.05) is 26.2 Å². The number of carbonyl (C=O) groups excluding carboxylic acids is 6. The molecule has 332 valence electrons. The molecule has 0 bridgehead atoms.